The van der Waals surface area contributed by atoms with Crippen LogP contribution in [-0.2, 0) is 0 Å². The van der Waals surface area contributed by atoms with Crippen molar-refractivity contribution in [2.24, 2.45) is 5.73 Å². The van der Waals surface area contributed by atoms with Crippen molar-refractivity contribution in [2.45, 2.75) is 19.9 Å². The maximum Gasteiger partial charge on any atom is 0.134 e. The normalized spacial score (nSPS) is 12.8. The molecular formula is C13H14FNO. The summed E-state index contributed by atoms with van der Waals surface area (Å²) < 4.78 is 18.9. The molecular weight excluding hydrogens is 205 g/mol. The highest BCUT2D eigenvalue weighted by molar-refractivity contribution is 5.62. The van der Waals surface area contributed by atoms with Gasteiger partial charge in [-0.1, -0.05) is 12.1 Å². The van der Waals surface area contributed by atoms with Gasteiger partial charge in [0.2, 0.25) is 0 Å². The highest BCUT2D eigenvalue weighted by Crippen LogP contribution is 2.28. The summed E-state index contributed by atoms with van der Waals surface area (Å²) in [5, 5.41) is 0. The largest absolute Gasteiger partial charge is 0.459 e. The molecule has 0 aliphatic carbocycles. The van der Waals surface area contributed by atoms with Gasteiger partial charge in [-0.15, -0.1) is 0 Å². The fourth-order valence-corrected chi connectivity index (χ4v) is 1.62. The Morgan fingerprint density at radius 3 is 2.62 bits per heavy atom. The molecule has 2 N–H and O–H groups in total. The van der Waals surface area contributed by atoms with Crippen molar-refractivity contribution in [1.82, 2.24) is 0 Å². The summed E-state index contributed by atoms with van der Waals surface area (Å²) >= 11 is 0. The Hall–Kier alpha value is -1.61. The van der Waals surface area contributed by atoms with E-state index in [-0.39, 0.29) is 11.9 Å². The summed E-state index contributed by atoms with van der Waals surface area (Å²) in [6.45, 7) is 3.58. The predicted molar refractivity (Wildman–Crippen MR) is 61.4 cm³/mol. The lowest BCUT2D eigenvalue weighted by molar-refractivity contribution is 0.490. The smallest absolute Gasteiger partial charge is 0.134 e. The fourth-order valence-electron chi connectivity index (χ4n) is 1.62. The number of halogens is 1. The van der Waals surface area contributed by atoms with Gasteiger partial charge in [-0.05, 0) is 37.6 Å². The summed E-state index contributed by atoms with van der Waals surface area (Å²) in [7, 11) is 0. The molecule has 1 heterocycles. The topological polar surface area (TPSA) is 39.2 Å². The Kier molecular flexibility index (Phi) is 2.79. The monoisotopic (exact) mass is 219 g/mol. The predicted octanol–water partition coefficient (Wildman–Crippen LogP) is 3.41. The summed E-state index contributed by atoms with van der Waals surface area (Å²) in [5.41, 5.74) is 7.07. The van der Waals surface area contributed by atoms with Crippen LogP contribution in [0.5, 0.6) is 0 Å². The number of hydrogen-bond acceptors (Lipinski definition) is 2. The first-order valence-corrected chi connectivity index (χ1v) is 5.20. The first-order valence-electron chi connectivity index (χ1n) is 5.20. The van der Waals surface area contributed by atoms with Crippen molar-refractivity contribution in [1.29, 1.82) is 0 Å². The summed E-state index contributed by atoms with van der Waals surface area (Å²) in [6, 6.07) is 8.44. The van der Waals surface area contributed by atoms with Crippen LogP contribution in [0.25, 0.3) is 11.3 Å². The standard InChI is InChI=1S/C13H14FNO/c1-8-10(4-3-5-11(8)14)13-7-6-12(16-13)9(2)15/h3-7,9H,15H2,1-2H3. The van der Waals surface area contributed by atoms with E-state index in [1.165, 1.54) is 6.07 Å². The Bertz CT molecular complexity index is 502. The van der Waals surface area contributed by atoms with E-state index in [1.807, 2.05) is 25.1 Å². The average molecular weight is 219 g/mol. The minimum absolute atomic E-state index is 0.150. The molecule has 1 aromatic heterocycles. The summed E-state index contributed by atoms with van der Waals surface area (Å²) in [5.74, 6) is 1.14. The van der Waals surface area contributed by atoms with Gasteiger partial charge >= 0.3 is 0 Å². The zero-order chi connectivity index (χ0) is 11.7. The molecule has 2 aromatic rings. The highest BCUT2D eigenvalue weighted by atomic mass is 19.1. The third kappa shape index (κ3) is 1.86. The second-order valence-corrected chi connectivity index (χ2v) is 3.90. The van der Waals surface area contributed by atoms with E-state index in [0.29, 0.717) is 17.1 Å². The van der Waals surface area contributed by atoms with Gasteiger partial charge in [0, 0.05) is 5.56 Å². The lowest BCUT2D eigenvalue weighted by Gasteiger charge is -2.04. The SMILES string of the molecule is Cc1c(F)cccc1-c1ccc(C(C)N)o1. The van der Waals surface area contributed by atoms with Crippen molar-refractivity contribution < 1.29 is 8.81 Å². The molecule has 0 aliphatic rings. The molecule has 0 saturated heterocycles. The van der Waals surface area contributed by atoms with Gasteiger partial charge in [0.25, 0.3) is 0 Å². The molecule has 0 aliphatic heterocycles. The van der Waals surface area contributed by atoms with Crippen LogP contribution in [0.1, 0.15) is 24.3 Å². The molecule has 2 rings (SSSR count). The van der Waals surface area contributed by atoms with Crippen LogP contribution < -0.4 is 5.73 Å². The van der Waals surface area contributed by atoms with E-state index in [0.717, 1.165) is 5.56 Å². The second-order valence-electron chi connectivity index (χ2n) is 3.90. The Balaban J connectivity index is 2.47. The molecule has 0 saturated carbocycles. The van der Waals surface area contributed by atoms with E-state index < -0.39 is 0 Å². The lowest BCUT2D eigenvalue weighted by Crippen LogP contribution is -2.02. The number of hydrogen-bond donors (Lipinski definition) is 1. The molecule has 2 nitrogen and oxygen atoms in total. The number of rotatable bonds is 2. The van der Waals surface area contributed by atoms with E-state index in [1.54, 1.807) is 13.0 Å². The molecule has 0 bridgehead atoms. The molecule has 1 atom stereocenters. The van der Waals surface area contributed by atoms with Crippen molar-refractivity contribution >= 4 is 0 Å². The molecule has 0 radical (unpaired) electrons. The summed E-state index contributed by atoms with van der Waals surface area (Å²) in [6.07, 6.45) is 0. The third-order valence-corrected chi connectivity index (χ3v) is 2.61. The average Bonchev–Trinajstić information content (AvgIpc) is 2.71. The van der Waals surface area contributed by atoms with Gasteiger partial charge in [0.05, 0.1) is 6.04 Å². The third-order valence-electron chi connectivity index (χ3n) is 2.61. The zero-order valence-electron chi connectivity index (χ0n) is 9.33. The van der Waals surface area contributed by atoms with Gasteiger partial charge < -0.3 is 10.2 Å². The number of nitrogens with two attached hydrogens (primary N) is 1. The van der Waals surface area contributed by atoms with Crippen LogP contribution in [0.4, 0.5) is 4.39 Å². The molecule has 16 heavy (non-hydrogen) atoms. The molecule has 1 unspecified atom stereocenters. The molecule has 0 amide bonds. The summed E-state index contributed by atoms with van der Waals surface area (Å²) in [4.78, 5) is 0. The van der Waals surface area contributed by atoms with Crippen LogP contribution in [-0.4, -0.2) is 0 Å². The molecule has 0 spiro atoms. The van der Waals surface area contributed by atoms with Gasteiger partial charge in [-0.3, -0.25) is 0 Å². The molecule has 3 heteroatoms. The quantitative estimate of drug-likeness (QED) is 0.840. The van der Waals surface area contributed by atoms with Gasteiger partial charge in [-0.25, -0.2) is 4.39 Å². The van der Waals surface area contributed by atoms with Crippen molar-refractivity contribution in [3.63, 3.8) is 0 Å². The maximum atomic E-state index is 13.4. The minimum Gasteiger partial charge on any atom is -0.459 e. The Morgan fingerprint density at radius 2 is 2.00 bits per heavy atom. The Morgan fingerprint density at radius 1 is 1.25 bits per heavy atom. The molecule has 84 valence electrons. The first kappa shape index (κ1) is 10.9. The maximum absolute atomic E-state index is 13.4. The van der Waals surface area contributed by atoms with Gasteiger partial charge in [0.1, 0.15) is 17.3 Å². The van der Waals surface area contributed by atoms with Crippen LogP contribution in [0.15, 0.2) is 34.7 Å². The lowest BCUT2D eigenvalue weighted by atomic mass is 10.1. The second kappa shape index (κ2) is 4.10. The van der Waals surface area contributed by atoms with E-state index >= 15 is 0 Å². The van der Waals surface area contributed by atoms with Gasteiger partial charge in [-0.2, -0.15) is 0 Å². The van der Waals surface area contributed by atoms with Crippen LogP contribution in [0, 0.1) is 12.7 Å². The van der Waals surface area contributed by atoms with Crippen LogP contribution in [0.2, 0.25) is 0 Å². The van der Waals surface area contributed by atoms with Crippen LogP contribution in [0.3, 0.4) is 0 Å². The van der Waals surface area contributed by atoms with Crippen molar-refractivity contribution in [2.75, 3.05) is 0 Å². The number of furan rings is 1. The van der Waals surface area contributed by atoms with Gasteiger partial charge in [0.15, 0.2) is 0 Å². The minimum atomic E-state index is -0.226. The van der Waals surface area contributed by atoms with Crippen molar-refractivity contribution in [3.05, 3.63) is 47.5 Å². The number of benzene rings is 1. The van der Waals surface area contributed by atoms with Crippen LogP contribution >= 0.6 is 0 Å². The zero-order valence-corrected chi connectivity index (χ0v) is 9.33. The van der Waals surface area contributed by atoms with E-state index in [4.69, 9.17) is 10.2 Å². The fraction of sp³-hybridized carbons (Fsp3) is 0.231. The molecule has 0 fully saturated rings. The van der Waals surface area contributed by atoms with E-state index in [2.05, 4.69) is 0 Å². The first-order chi connectivity index (χ1) is 7.59. The highest BCUT2D eigenvalue weighted by Gasteiger charge is 2.11. The Labute approximate surface area is 93.9 Å². The molecule has 1 aromatic carbocycles. The van der Waals surface area contributed by atoms with Crippen molar-refractivity contribution in [3.8, 4) is 11.3 Å². The van der Waals surface area contributed by atoms with E-state index in [9.17, 15) is 4.39 Å².